The van der Waals surface area contributed by atoms with E-state index >= 15 is 0 Å². The van der Waals surface area contributed by atoms with Crippen molar-refractivity contribution in [3.63, 3.8) is 0 Å². The van der Waals surface area contributed by atoms with E-state index in [1.807, 2.05) is 0 Å². The Morgan fingerprint density at radius 2 is 2.20 bits per heavy atom. The van der Waals surface area contributed by atoms with E-state index in [-0.39, 0.29) is 6.10 Å². The van der Waals surface area contributed by atoms with E-state index in [2.05, 4.69) is 15.3 Å². The lowest BCUT2D eigenvalue weighted by Crippen LogP contribution is -2.34. The van der Waals surface area contributed by atoms with Gasteiger partial charge in [-0.05, 0) is 25.9 Å². The van der Waals surface area contributed by atoms with Crippen LogP contribution in [-0.2, 0) is 0 Å². The van der Waals surface area contributed by atoms with Crippen LogP contribution in [0.2, 0.25) is 0 Å². The lowest BCUT2D eigenvalue weighted by Gasteiger charge is -2.23. The minimum absolute atomic E-state index is 0.255. The first kappa shape index (κ1) is 10.2. The van der Waals surface area contributed by atoms with Gasteiger partial charge in [0.1, 0.15) is 6.10 Å². The molecule has 0 radical (unpaired) electrons. The largest absolute Gasteiger partial charge is 0.474 e. The Kier molecular flexibility index (Phi) is 3.34. The van der Waals surface area contributed by atoms with Gasteiger partial charge in [-0.2, -0.15) is 4.98 Å². The van der Waals surface area contributed by atoms with Crippen LogP contribution in [0.15, 0.2) is 12.3 Å². The SMILES string of the molecule is COc1nccc(OC2CCNCC2)n1. The average molecular weight is 209 g/mol. The molecule has 1 aromatic heterocycles. The smallest absolute Gasteiger partial charge is 0.319 e. The molecule has 0 amide bonds. The second kappa shape index (κ2) is 4.93. The fourth-order valence-corrected chi connectivity index (χ4v) is 1.57. The summed E-state index contributed by atoms with van der Waals surface area (Å²) in [6, 6.07) is 2.10. The van der Waals surface area contributed by atoms with Crippen molar-refractivity contribution in [2.45, 2.75) is 18.9 Å². The Hall–Kier alpha value is -1.36. The van der Waals surface area contributed by atoms with E-state index in [4.69, 9.17) is 9.47 Å². The summed E-state index contributed by atoms with van der Waals surface area (Å²) in [4.78, 5) is 8.03. The molecule has 0 aliphatic carbocycles. The van der Waals surface area contributed by atoms with Crippen molar-refractivity contribution in [3.05, 3.63) is 12.3 Å². The van der Waals surface area contributed by atoms with Crippen LogP contribution in [0.1, 0.15) is 12.8 Å². The van der Waals surface area contributed by atoms with E-state index in [1.165, 1.54) is 0 Å². The van der Waals surface area contributed by atoms with E-state index in [0.717, 1.165) is 25.9 Å². The van der Waals surface area contributed by atoms with E-state index in [1.54, 1.807) is 19.4 Å². The summed E-state index contributed by atoms with van der Waals surface area (Å²) >= 11 is 0. The van der Waals surface area contributed by atoms with Crippen LogP contribution in [0.25, 0.3) is 0 Å². The van der Waals surface area contributed by atoms with E-state index in [9.17, 15) is 0 Å². The Bertz CT molecular complexity index is 313. The van der Waals surface area contributed by atoms with Crippen molar-refractivity contribution in [1.29, 1.82) is 0 Å². The number of nitrogens with one attached hydrogen (secondary N) is 1. The molecule has 2 heterocycles. The van der Waals surface area contributed by atoms with Crippen molar-refractivity contribution in [2.75, 3.05) is 20.2 Å². The van der Waals surface area contributed by atoms with Gasteiger partial charge in [0.25, 0.3) is 0 Å². The van der Waals surface area contributed by atoms with Gasteiger partial charge in [0.2, 0.25) is 5.88 Å². The predicted molar refractivity (Wildman–Crippen MR) is 55.1 cm³/mol. The second-order valence-electron chi connectivity index (χ2n) is 3.45. The van der Waals surface area contributed by atoms with Crippen LogP contribution < -0.4 is 14.8 Å². The van der Waals surface area contributed by atoms with Gasteiger partial charge in [-0.15, -0.1) is 0 Å². The molecule has 0 atom stereocenters. The maximum absolute atomic E-state index is 5.73. The Morgan fingerprint density at radius 3 is 2.93 bits per heavy atom. The third-order valence-corrected chi connectivity index (χ3v) is 2.36. The fourth-order valence-electron chi connectivity index (χ4n) is 1.57. The molecule has 1 aliphatic heterocycles. The number of methoxy groups -OCH3 is 1. The molecule has 5 heteroatoms. The monoisotopic (exact) mass is 209 g/mol. The molecule has 0 saturated carbocycles. The van der Waals surface area contributed by atoms with Gasteiger partial charge in [-0.25, -0.2) is 4.98 Å². The minimum atomic E-state index is 0.255. The van der Waals surface area contributed by atoms with E-state index in [0.29, 0.717) is 11.9 Å². The Labute approximate surface area is 88.8 Å². The molecule has 0 bridgehead atoms. The third-order valence-electron chi connectivity index (χ3n) is 2.36. The van der Waals surface area contributed by atoms with Crippen molar-refractivity contribution in [2.24, 2.45) is 0 Å². The molecular formula is C10H15N3O2. The highest BCUT2D eigenvalue weighted by Gasteiger charge is 2.15. The summed E-state index contributed by atoms with van der Waals surface area (Å²) in [6.45, 7) is 2.01. The normalized spacial score (nSPS) is 17.4. The highest BCUT2D eigenvalue weighted by Crippen LogP contribution is 2.15. The highest BCUT2D eigenvalue weighted by atomic mass is 16.5. The quantitative estimate of drug-likeness (QED) is 0.790. The zero-order valence-corrected chi connectivity index (χ0v) is 8.77. The Balaban J connectivity index is 1.96. The zero-order chi connectivity index (χ0) is 10.5. The first-order valence-electron chi connectivity index (χ1n) is 5.13. The first-order chi connectivity index (χ1) is 7.38. The number of hydrogen-bond donors (Lipinski definition) is 1. The van der Waals surface area contributed by atoms with Gasteiger partial charge in [-0.1, -0.05) is 0 Å². The topological polar surface area (TPSA) is 56.3 Å². The van der Waals surface area contributed by atoms with Crippen molar-refractivity contribution in [3.8, 4) is 11.9 Å². The van der Waals surface area contributed by atoms with Crippen molar-refractivity contribution >= 4 is 0 Å². The molecule has 15 heavy (non-hydrogen) atoms. The Morgan fingerprint density at radius 1 is 1.40 bits per heavy atom. The highest BCUT2D eigenvalue weighted by molar-refractivity contribution is 5.11. The summed E-state index contributed by atoms with van der Waals surface area (Å²) in [5.74, 6) is 0.591. The van der Waals surface area contributed by atoms with Gasteiger partial charge in [0, 0.05) is 12.3 Å². The molecule has 0 unspecified atom stereocenters. The van der Waals surface area contributed by atoms with Crippen LogP contribution in [0.5, 0.6) is 11.9 Å². The maximum Gasteiger partial charge on any atom is 0.319 e. The lowest BCUT2D eigenvalue weighted by molar-refractivity contribution is 0.154. The third kappa shape index (κ3) is 2.79. The predicted octanol–water partition coefficient (Wildman–Crippen LogP) is 0.616. The summed E-state index contributed by atoms with van der Waals surface area (Å²) in [5.41, 5.74) is 0. The summed E-state index contributed by atoms with van der Waals surface area (Å²) in [5, 5.41) is 3.29. The molecule has 0 aromatic carbocycles. The van der Waals surface area contributed by atoms with Crippen molar-refractivity contribution < 1.29 is 9.47 Å². The molecule has 1 aromatic rings. The van der Waals surface area contributed by atoms with Crippen LogP contribution in [-0.4, -0.2) is 36.3 Å². The number of rotatable bonds is 3. The summed E-state index contributed by atoms with van der Waals surface area (Å²) in [7, 11) is 1.55. The second-order valence-corrected chi connectivity index (χ2v) is 3.45. The average Bonchev–Trinajstić information content (AvgIpc) is 2.31. The molecule has 1 aliphatic rings. The minimum Gasteiger partial charge on any atom is -0.474 e. The lowest BCUT2D eigenvalue weighted by atomic mass is 10.1. The van der Waals surface area contributed by atoms with E-state index < -0.39 is 0 Å². The van der Waals surface area contributed by atoms with Crippen LogP contribution in [0, 0.1) is 0 Å². The van der Waals surface area contributed by atoms with Crippen LogP contribution in [0.3, 0.4) is 0 Å². The number of ether oxygens (including phenoxy) is 2. The first-order valence-corrected chi connectivity index (χ1v) is 5.13. The summed E-state index contributed by atoms with van der Waals surface area (Å²) in [6.07, 6.45) is 3.94. The maximum atomic E-state index is 5.73. The molecule has 1 fully saturated rings. The van der Waals surface area contributed by atoms with Crippen LogP contribution in [0.4, 0.5) is 0 Å². The van der Waals surface area contributed by atoms with Gasteiger partial charge in [0.05, 0.1) is 7.11 Å². The summed E-state index contributed by atoms with van der Waals surface area (Å²) < 4.78 is 10.7. The number of hydrogen-bond acceptors (Lipinski definition) is 5. The molecular weight excluding hydrogens is 194 g/mol. The van der Waals surface area contributed by atoms with Gasteiger partial charge < -0.3 is 14.8 Å². The molecule has 1 N–H and O–H groups in total. The standard InChI is InChI=1S/C10H15N3O2/c1-14-10-12-7-4-9(13-10)15-8-2-5-11-6-3-8/h4,7-8,11H,2-3,5-6H2,1H3. The number of nitrogens with zero attached hydrogens (tertiary/aromatic N) is 2. The number of aromatic nitrogens is 2. The van der Waals surface area contributed by atoms with Crippen LogP contribution >= 0.6 is 0 Å². The molecule has 82 valence electrons. The van der Waals surface area contributed by atoms with Gasteiger partial charge in [0.15, 0.2) is 0 Å². The van der Waals surface area contributed by atoms with Gasteiger partial charge >= 0.3 is 6.01 Å². The molecule has 5 nitrogen and oxygen atoms in total. The molecule has 1 saturated heterocycles. The van der Waals surface area contributed by atoms with Crippen molar-refractivity contribution in [1.82, 2.24) is 15.3 Å². The molecule has 2 rings (SSSR count). The zero-order valence-electron chi connectivity index (χ0n) is 8.77. The van der Waals surface area contributed by atoms with Gasteiger partial charge in [-0.3, -0.25) is 0 Å². The molecule has 0 spiro atoms. The number of piperidine rings is 1. The fraction of sp³-hybridized carbons (Fsp3) is 0.600.